The molecule has 8 heteroatoms. The average molecular weight is 353 g/mol. The molecule has 2 aliphatic rings. The monoisotopic (exact) mass is 353 g/mol. The largest absolute Gasteiger partial charge is 0.376 e. The number of nitrogens with zero attached hydrogens (tertiary/aromatic N) is 1. The Bertz CT molecular complexity index is 722. The predicted molar refractivity (Wildman–Crippen MR) is 89.3 cm³/mol. The van der Waals surface area contributed by atoms with E-state index in [0.29, 0.717) is 18.7 Å². The molecule has 2 N–H and O–H groups in total. The number of amides is 1. The molecule has 24 heavy (non-hydrogen) atoms. The first-order chi connectivity index (χ1) is 11.4. The predicted octanol–water partition coefficient (Wildman–Crippen LogP) is 0.186. The molecule has 0 aliphatic carbocycles. The van der Waals surface area contributed by atoms with Crippen molar-refractivity contribution in [1.29, 1.82) is 0 Å². The second-order valence-electron chi connectivity index (χ2n) is 6.41. The Kier molecular flexibility index (Phi) is 4.91. The van der Waals surface area contributed by atoms with Crippen molar-refractivity contribution in [1.82, 2.24) is 14.9 Å². The second-order valence-corrected chi connectivity index (χ2v) is 8.13. The summed E-state index contributed by atoms with van der Waals surface area (Å²) in [5, 5.41) is 2.50. The summed E-state index contributed by atoms with van der Waals surface area (Å²) >= 11 is 0. The first kappa shape index (κ1) is 17.3. The van der Waals surface area contributed by atoms with Gasteiger partial charge in [0.05, 0.1) is 17.6 Å². The maximum absolute atomic E-state index is 12.6. The van der Waals surface area contributed by atoms with Gasteiger partial charge in [-0.05, 0) is 31.5 Å². The molecule has 0 bridgehead atoms. The Hall–Kier alpha value is -1.48. The van der Waals surface area contributed by atoms with Crippen molar-refractivity contribution in [3.05, 3.63) is 29.8 Å². The maximum atomic E-state index is 12.6. The van der Waals surface area contributed by atoms with Crippen molar-refractivity contribution in [2.75, 3.05) is 26.7 Å². The van der Waals surface area contributed by atoms with E-state index in [-0.39, 0.29) is 29.0 Å². The van der Waals surface area contributed by atoms with E-state index in [1.807, 2.05) is 6.92 Å². The third kappa shape index (κ3) is 3.61. The Labute approximate surface area is 142 Å². The highest BCUT2D eigenvalue weighted by atomic mass is 32.2. The van der Waals surface area contributed by atoms with Gasteiger partial charge in [0.25, 0.3) is 5.91 Å². The summed E-state index contributed by atoms with van der Waals surface area (Å²) in [5.41, 5.74) is 0.325. The molecular weight excluding hydrogens is 330 g/mol. The normalized spacial score (nSPS) is 27.7. The number of benzene rings is 1. The van der Waals surface area contributed by atoms with Gasteiger partial charge in [-0.15, -0.1) is 0 Å². The maximum Gasteiger partial charge on any atom is 0.251 e. The number of morpholine rings is 1. The van der Waals surface area contributed by atoms with E-state index >= 15 is 0 Å². The minimum Gasteiger partial charge on any atom is -0.376 e. The summed E-state index contributed by atoms with van der Waals surface area (Å²) in [6.07, 6.45) is 0.919. The Morgan fingerprint density at radius 2 is 2.12 bits per heavy atom. The van der Waals surface area contributed by atoms with Gasteiger partial charge < -0.3 is 10.1 Å². The average Bonchev–Trinajstić information content (AvgIpc) is 2.94. The van der Waals surface area contributed by atoms with Crippen LogP contribution in [-0.4, -0.2) is 64.2 Å². The standard InChI is InChI=1S/C16H23N3O4S/c1-11-8-19-9-13(7-14(19)10-23-11)18-24(21,22)15-5-3-4-12(6-15)16(20)17-2/h3-6,11,13-14,18H,7-10H2,1-2H3,(H,17,20)/t11-,13+,14-/m0/s1. The summed E-state index contributed by atoms with van der Waals surface area (Å²) in [6.45, 7) is 4.19. The fourth-order valence-electron chi connectivity index (χ4n) is 3.36. The van der Waals surface area contributed by atoms with Crippen LogP contribution in [0.5, 0.6) is 0 Å². The molecule has 1 aromatic rings. The fraction of sp³-hybridized carbons (Fsp3) is 0.562. The minimum absolute atomic E-state index is 0.109. The number of carbonyl (C=O) groups is 1. The third-order valence-corrected chi connectivity index (χ3v) is 6.07. The topological polar surface area (TPSA) is 87.7 Å². The van der Waals surface area contributed by atoms with E-state index < -0.39 is 10.0 Å². The lowest BCUT2D eigenvalue weighted by atomic mass is 10.2. The lowest BCUT2D eigenvalue weighted by molar-refractivity contribution is -0.0390. The Balaban J connectivity index is 1.72. The van der Waals surface area contributed by atoms with Crippen molar-refractivity contribution in [2.45, 2.75) is 36.4 Å². The number of hydrogen-bond donors (Lipinski definition) is 2. The highest BCUT2D eigenvalue weighted by molar-refractivity contribution is 7.89. The molecule has 3 atom stereocenters. The minimum atomic E-state index is -3.66. The molecule has 2 fully saturated rings. The summed E-state index contributed by atoms with van der Waals surface area (Å²) in [4.78, 5) is 14.1. The zero-order valence-corrected chi connectivity index (χ0v) is 14.7. The van der Waals surface area contributed by atoms with Gasteiger partial charge in [0.15, 0.2) is 0 Å². The van der Waals surface area contributed by atoms with Crippen molar-refractivity contribution >= 4 is 15.9 Å². The van der Waals surface area contributed by atoms with Crippen LogP contribution in [0, 0.1) is 0 Å². The van der Waals surface area contributed by atoms with Gasteiger partial charge in [-0.3, -0.25) is 9.69 Å². The first-order valence-electron chi connectivity index (χ1n) is 8.09. The molecule has 1 aromatic carbocycles. The van der Waals surface area contributed by atoms with Crippen molar-refractivity contribution in [3.8, 4) is 0 Å². The molecular formula is C16H23N3O4S. The van der Waals surface area contributed by atoms with E-state index in [1.54, 1.807) is 12.1 Å². The second kappa shape index (κ2) is 6.79. The Morgan fingerprint density at radius 1 is 1.33 bits per heavy atom. The smallest absolute Gasteiger partial charge is 0.251 e. The lowest BCUT2D eigenvalue weighted by Crippen LogP contribution is -2.45. The molecule has 0 unspecified atom stereocenters. The zero-order chi connectivity index (χ0) is 17.3. The van der Waals surface area contributed by atoms with Crippen LogP contribution in [0.4, 0.5) is 0 Å². The van der Waals surface area contributed by atoms with Crippen LogP contribution in [0.2, 0.25) is 0 Å². The van der Waals surface area contributed by atoms with Crippen LogP contribution in [0.25, 0.3) is 0 Å². The van der Waals surface area contributed by atoms with Crippen LogP contribution in [0.3, 0.4) is 0 Å². The van der Waals surface area contributed by atoms with Gasteiger partial charge in [-0.1, -0.05) is 6.07 Å². The van der Waals surface area contributed by atoms with Gasteiger partial charge in [0.1, 0.15) is 0 Å². The van der Waals surface area contributed by atoms with Crippen molar-refractivity contribution < 1.29 is 17.9 Å². The van der Waals surface area contributed by atoms with Gasteiger partial charge in [-0.2, -0.15) is 0 Å². The summed E-state index contributed by atoms with van der Waals surface area (Å²) < 4.78 is 33.7. The number of fused-ring (bicyclic) bond motifs is 1. The van der Waals surface area contributed by atoms with Crippen molar-refractivity contribution in [2.24, 2.45) is 0 Å². The molecule has 1 amide bonds. The molecule has 2 aliphatic heterocycles. The van der Waals surface area contributed by atoms with Gasteiger partial charge in [0.2, 0.25) is 10.0 Å². The molecule has 0 aromatic heterocycles. The first-order valence-corrected chi connectivity index (χ1v) is 9.57. The molecule has 0 radical (unpaired) electrons. The summed E-state index contributed by atoms with van der Waals surface area (Å²) in [5.74, 6) is -0.309. The molecule has 2 saturated heterocycles. The highest BCUT2D eigenvalue weighted by Crippen LogP contribution is 2.24. The van der Waals surface area contributed by atoms with Gasteiger partial charge in [0, 0.05) is 37.8 Å². The van der Waals surface area contributed by atoms with Crippen molar-refractivity contribution in [3.63, 3.8) is 0 Å². The molecule has 0 spiro atoms. The summed E-state index contributed by atoms with van der Waals surface area (Å²) in [7, 11) is -2.15. The SMILES string of the molecule is CNC(=O)c1cccc(S(=O)(=O)N[C@@H]2C[C@H]3CO[C@@H](C)CN3C2)c1. The van der Waals surface area contributed by atoms with Gasteiger partial charge in [-0.25, -0.2) is 13.1 Å². The zero-order valence-electron chi connectivity index (χ0n) is 13.9. The van der Waals surface area contributed by atoms with Crippen LogP contribution in [-0.2, 0) is 14.8 Å². The van der Waals surface area contributed by atoms with E-state index in [2.05, 4.69) is 14.9 Å². The quantitative estimate of drug-likeness (QED) is 0.807. The molecule has 132 valence electrons. The number of sulfonamides is 1. The van der Waals surface area contributed by atoms with Gasteiger partial charge >= 0.3 is 0 Å². The lowest BCUT2D eigenvalue weighted by Gasteiger charge is -2.33. The van der Waals surface area contributed by atoms with Crippen LogP contribution in [0.15, 0.2) is 29.2 Å². The number of rotatable bonds is 4. The van der Waals surface area contributed by atoms with E-state index in [0.717, 1.165) is 13.0 Å². The third-order valence-electron chi connectivity index (χ3n) is 4.55. The number of carbonyl (C=O) groups excluding carboxylic acids is 1. The molecule has 2 heterocycles. The number of ether oxygens (including phenoxy) is 1. The fourth-order valence-corrected chi connectivity index (χ4v) is 4.65. The molecule has 0 saturated carbocycles. The summed E-state index contributed by atoms with van der Waals surface area (Å²) in [6, 6.07) is 6.19. The van der Waals surface area contributed by atoms with E-state index in [9.17, 15) is 13.2 Å². The highest BCUT2D eigenvalue weighted by Gasteiger charge is 2.37. The Morgan fingerprint density at radius 3 is 2.88 bits per heavy atom. The molecule has 7 nitrogen and oxygen atoms in total. The molecule has 3 rings (SSSR count). The number of hydrogen-bond acceptors (Lipinski definition) is 5. The van der Waals surface area contributed by atoms with Crippen LogP contribution < -0.4 is 10.0 Å². The van der Waals surface area contributed by atoms with E-state index in [1.165, 1.54) is 19.2 Å². The number of nitrogens with one attached hydrogen (secondary N) is 2. The van der Waals surface area contributed by atoms with Crippen LogP contribution in [0.1, 0.15) is 23.7 Å². The van der Waals surface area contributed by atoms with E-state index in [4.69, 9.17) is 4.74 Å². The van der Waals surface area contributed by atoms with Crippen LogP contribution >= 0.6 is 0 Å².